The van der Waals surface area contributed by atoms with Gasteiger partial charge in [-0.25, -0.2) is 5.43 Å². The van der Waals surface area contributed by atoms with Crippen molar-refractivity contribution in [3.8, 4) is 11.3 Å². The van der Waals surface area contributed by atoms with Gasteiger partial charge in [0.25, 0.3) is 5.91 Å². The molecule has 0 fully saturated rings. The molecule has 0 saturated heterocycles. The molecule has 3 rings (SSSR count). The first-order valence-electron chi connectivity index (χ1n) is 7.79. The number of thiazole rings is 1. The van der Waals surface area contributed by atoms with Crippen LogP contribution in [0.4, 0.5) is 0 Å². The van der Waals surface area contributed by atoms with Gasteiger partial charge in [0.2, 0.25) is 4.80 Å². The quantitative estimate of drug-likeness (QED) is 0.492. The van der Waals surface area contributed by atoms with Crippen LogP contribution >= 0.6 is 28.3 Å². The van der Waals surface area contributed by atoms with Crippen LogP contribution in [0.3, 0.4) is 0 Å². The number of pyridine rings is 1. The summed E-state index contributed by atoms with van der Waals surface area (Å²) in [7, 11) is 0. The lowest BCUT2D eigenvalue weighted by Crippen LogP contribution is -2.24. The van der Waals surface area contributed by atoms with Gasteiger partial charge in [0.05, 0.1) is 5.69 Å². The molecular formula is C19H19BrN4OS. The lowest BCUT2D eigenvalue weighted by atomic mass is 10.1. The Morgan fingerprint density at radius 3 is 2.62 bits per heavy atom. The maximum absolute atomic E-state index is 12.1. The Balaban J connectivity index is 0.00000243. The van der Waals surface area contributed by atoms with Crippen LogP contribution in [0, 0.1) is 6.92 Å². The fraction of sp³-hybridized carbons (Fsp3) is 0.105. The van der Waals surface area contributed by atoms with Crippen LogP contribution in [0.1, 0.15) is 15.9 Å². The summed E-state index contributed by atoms with van der Waals surface area (Å²) in [5.41, 5.74) is 6.48. The van der Waals surface area contributed by atoms with Crippen molar-refractivity contribution in [2.24, 2.45) is 5.10 Å². The number of amides is 1. The van der Waals surface area contributed by atoms with Crippen molar-refractivity contribution in [1.82, 2.24) is 15.0 Å². The van der Waals surface area contributed by atoms with E-state index in [0.29, 0.717) is 16.9 Å². The Bertz CT molecular complexity index is 946. The van der Waals surface area contributed by atoms with Crippen LogP contribution in [-0.4, -0.2) is 15.5 Å². The van der Waals surface area contributed by atoms with Gasteiger partial charge >= 0.3 is 0 Å². The van der Waals surface area contributed by atoms with Crippen molar-refractivity contribution in [2.45, 2.75) is 13.5 Å². The monoisotopic (exact) mass is 430 g/mol. The number of benzene rings is 1. The molecular weight excluding hydrogens is 412 g/mol. The minimum atomic E-state index is -0.266. The Kier molecular flexibility index (Phi) is 7.06. The first-order chi connectivity index (χ1) is 12.2. The van der Waals surface area contributed by atoms with E-state index >= 15 is 0 Å². The number of allylic oxidation sites excluding steroid dienone is 1. The molecule has 1 N–H and O–H groups in total. The summed E-state index contributed by atoms with van der Waals surface area (Å²) in [6.45, 7) is 6.48. The SMILES string of the molecule is Br.C=CCn1c(-c2ccc(C)cc2)cs/c1=N/NC(=O)c1ccncc1. The van der Waals surface area contributed by atoms with Crippen molar-refractivity contribution < 1.29 is 4.79 Å². The maximum atomic E-state index is 12.1. The molecule has 0 bridgehead atoms. The van der Waals surface area contributed by atoms with E-state index in [9.17, 15) is 4.79 Å². The van der Waals surface area contributed by atoms with Gasteiger partial charge < -0.3 is 4.57 Å². The van der Waals surface area contributed by atoms with E-state index in [0.717, 1.165) is 11.3 Å². The first-order valence-corrected chi connectivity index (χ1v) is 8.67. The van der Waals surface area contributed by atoms with Gasteiger partial charge in [-0.2, -0.15) is 0 Å². The zero-order chi connectivity index (χ0) is 17.6. The molecule has 0 aliphatic carbocycles. The van der Waals surface area contributed by atoms with Crippen LogP contribution in [0.15, 0.2) is 71.9 Å². The highest BCUT2D eigenvalue weighted by Gasteiger charge is 2.08. The van der Waals surface area contributed by atoms with E-state index in [-0.39, 0.29) is 22.9 Å². The van der Waals surface area contributed by atoms with Crippen LogP contribution in [-0.2, 0) is 6.54 Å². The maximum Gasteiger partial charge on any atom is 0.271 e. The van der Waals surface area contributed by atoms with Crippen LogP contribution < -0.4 is 10.2 Å². The van der Waals surface area contributed by atoms with E-state index in [1.165, 1.54) is 16.9 Å². The third-order valence-corrected chi connectivity index (χ3v) is 4.52. The molecule has 0 spiro atoms. The minimum absolute atomic E-state index is 0. The highest BCUT2D eigenvalue weighted by molar-refractivity contribution is 8.93. The minimum Gasteiger partial charge on any atom is -0.311 e. The second kappa shape index (κ2) is 9.26. The first kappa shape index (κ1) is 19.8. The summed E-state index contributed by atoms with van der Waals surface area (Å²) in [5.74, 6) is -0.266. The molecule has 1 aromatic carbocycles. The topological polar surface area (TPSA) is 59.3 Å². The number of halogens is 1. The summed E-state index contributed by atoms with van der Waals surface area (Å²) in [4.78, 5) is 16.8. The van der Waals surface area contributed by atoms with E-state index in [2.05, 4.69) is 53.3 Å². The number of carbonyl (C=O) groups is 1. The van der Waals surface area contributed by atoms with Crippen LogP contribution in [0.2, 0.25) is 0 Å². The van der Waals surface area contributed by atoms with Gasteiger partial charge in [-0.1, -0.05) is 35.9 Å². The van der Waals surface area contributed by atoms with Crippen molar-refractivity contribution in [3.05, 3.63) is 82.8 Å². The fourth-order valence-electron chi connectivity index (χ4n) is 2.35. The molecule has 134 valence electrons. The van der Waals surface area contributed by atoms with Crippen LogP contribution in [0.25, 0.3) is 11.3 Å². The number of nitrogens with zero attached hydrogens (tertiary/aromatic N) is 3. The second-order valence-electron chi connectivity index (χ2n) is 5.46. The predicted octanol–water partition coefficient (Wildman–Crippen LogP) is 3.93. The summed E-state index contributed by atoms with van der Waals surface area (Å²) >= 11 is 1.47. The van der Waals surface area contributed by atoms with Gasteiger partial charge in [-0.3, -0.25) is 9.78 Å². The molecule has 5 nitrogen and oxygen atoms in total. The Morgan fingerprint density at radius 1 is 1.27 bits per heavy atom. The molecule has 1 amide bonds. The Hall–Kier alpha value is -2.51. The molecule has 0 unspecified atom stereocenters. The van der Waals surface area contributed by atoms with Crippen LogP contribution in [0.5, 0.6) is 0 Å². The molecule has 0 atom stereocenters. The number of aryl methyl sites for hydroxylation is 1. The molecule has 2 aromatic heterocycles. The van der Waals surface area contributed by atoms with E-state index < -0.39 is 0 Å². The van der Waals surface area contributed by atoms with Gasteiger partial charge in [0.1, 0.15) is 0 Å². The summed E-state index contributed by atoms with van der Waals surface area (Å²) < 4.78 is 2.02. The van der Waals surface area contributed by atoms with E-state index in [4.69, 9.17) is 0 Å². The number of hydrogen-bond donors (Lipinski definition) is 1. The Morgan fingerprint density at radius 2 is 1.96 bits per heavy atom. The molecule has 7 heteroatoms. The van der Waals surface area contributed by atoms with Gasteiger partial charge in [0, 0.05) is 29.9 Å². The molecule has 26 heavy (non-hydrogen) atoms. The van der Waals surface area contributed by atoms with Gasteiger partial charge in [-0.05, 0) is 24.6 Å². The average molecular weight is 431 g/mol. The summed E-state index contributed by atoms with van der Waals surface area (Å²) in [6.07, 6.45) is 4.97. The molecule has 0 aliphatic rings. The lowest BCUT2D eigenvalue weighted by molar-refractivity contribution is 0.0953. The molecule has 0 saturated carbocycles. The zero-order valence-electron chi connectivity index (χ0n) is 14.3. The molecule has 0 radical (unpaired) electrons. The Labute approximate surface area is 166 Å². The van der Waals surface area contributed by atoms with Crippen molar-refractivity contribution in [1.29, 1.82) is 0 Å². The third-order valence-electron chi connectivity index (χ3n) is 3.65. The van der Waals surface area contributed by atoms with Crippen molar-refractivity contribution >= 4 is 34.2 Å². The normalized spacial score (nSPS) is 10.9. The number of aromatic nitrogens is 2. The highest BCUT2D eigenvalue weighted by Crippen LogP contribution is 2.20. The van der Waals surface area contributed by atoms with E-state index in [1.807, 2.05) is 16.0 Å². The summed E-state index contributed by atoms with van der Waals surface area (Å²) in [6, 6.07) is 11.6. The molecule has 3 aromatic rings. The lowest BCUT2D eigenvalue weighted by Gasteiger charge is -2.07. The van der Waals surface area contributed by atoms with Gasteiger partial charge in [-0.15, -0.1) is 40.0 Å². The number of nitrogens with one attached hydrogen (secondary N) is 1. The summed E-state index contributed by atoms with van der Waals surface area (Å²) in [5, 5.41) is 6.31. The van der Waals surface area contributed by atoms with Gasteiger partial charge in [0.15, 0.2) is 0 Å². The average Bonchev–Trinajstić information content (AvgIpc) is 3.04. The molecule has 0 aliphatic heterocycles. The number of rotatable bonds is 5. The zero-order valence-corrected chi connectivity index (χ0v) is 16.8. The fourth-order valence-corrected chi connectivity index (χ4v) is 3.22. The smallest absolute Gasteiger partial charge is 0.271 e. The predicted molar refractivity (Wildman–Crippen MR) is 110 cm³/mol. The number of carbonyl (C=O) groups excluding carboxylic acids is 1. The second-order valence-corrected chi connectivity index (χ2v) is 6.29. The largest absolute Gasteiger partial charge is 0.311 e. The highest BCUT2D eigenvalue weighted by atomic mass is 79.9. The third kappa shape index (κ3) is 4.56. The molecule has 2 heterocycles. The van der Waals surface area contributed by atoms with Crippen molar-refractivity contribution in [3.63, 3.8) is 0 Å². The number of hydrogen-bond acceptors (Lipinski definition) is 4. The van der Waals surface area contributed by atoms with Crippen molar-refractivity contribution in [2.75, 3.05) is 0 Å². The standard InChI is InChI=1S/C19H18N4OS.BrH/c1-3-12-23-17(15-6-4-14(2)5-7-15)13-25-19(23)22-21-18(24)16-8-10-20-11-9-16;/h3-11,13H,1,12H2,2H3,(H,21,24);1H/b22-19+;. The van der Waals surface area contributed by atoms with E-state index in [1.54, 1.807) is 24.5 Å².